The molecule has 1 aromatic rings. The molecule has 2 N–H and O–H groups in total. The van der Waals surface area contributed by atoms with Crippen LogP contribution in [0.1, 0.15) is 10.4 Å². The van der Waals surface area contributed by atoms with Crippen LogP contribution >= 0.6 is 11.6 Å². The second-order valence-corrected chi connectivity index (χ2v) is 5.39. The first kappa shape index (κ1) is 15.1. The van der Waals surface area contributed by atoms with E-state index >= 15 is 0 Å². The molecule has 0 radical (unpaired) electrons. The molecule has 0 spiro atoms. The summed E-state index contributed by atoms with van der Waals surface area (Å²) in [5.74, 6) is -0.0891. The zero-order valence-electron chi connectivity index (χ0n) is 11.6. The van der Waals surface area contributed by atoms with Crippen molar-refractivity contribution in [1.82, 2.24) is 15.1 Å². The normalized spacial score (nSPS) is 16.1. The first-order chi connectivity index (χ1) is 9.58. The number of benzene rings is 1. The highest BCUT2D eigenvalue weighted by atomic mass is 35.5. The van der Waals surface area contributed by atoms with Crippen molar-refractivity contribution in [2.24, 2.45) is 0 Å². The Morgan fingerprint density at radius 2 is 2.15 bits per heavy atom. The van der Waals surface area contributed by atoms with Gasteiger partial charge in [0, 0.05) is 51.9 Å². The molecule has 110 valence electrons. The molecule has 0 atom stereocenters. The summed E-state index contributed by atoms with van der Waals surface area (Å²) < 4.78 is 0. The topological polar surface area (TPSA) is 55.8 Å². The number of carbonyl (C=O) groups is 1. The van der Waals surface area contributed by atoms with Gasteiger partial charge in [-0.1, -0.05) is 11.6 Å². The summed E-state index contributed by atoms with van der Waals surface area (Å²) in [4.78, 5) is 16.3. The molecule has 1 heterocycles. The van der Waals surface area contributed by atoms with Gasteiger partial charge in [0.15, 0.2) is 0 Å². The first-order valence-electron chi connectivity index (χ1n) is 6.75. The molecule has 2 rings (SSSR count). The number of hydrogen-bond donors (Lipinski definition) is 2. The van der Waals surface area contributed by atoms with Crippen molar-refractivity contribution in [3.05, 3.63) is 28.8 Å². The van der Waals surface area contributed by atoms with Gasteiger partial charge in [0.1, 0.15) is 5.75 Å². The number of phenolic OH excluding ortho intramolecular Hbond substituents is 1. The maximum atomic E-state index is 12.2. The summed E-state index contributed by atoms with van der Waals surface area (Å²) in [5.41, 5.74) is 0.496. The largest absolute Gasteiger partial charge is 0.506 e. The minimum atomic E-state index is -0.0814. The van der Waals surface area contributed by atoms with Crippen LogP contribution in [0.2, 0.25) is 5.02 Å². The Labute approximate surface area is 124 Å². The molecule has 0 bridgehead atoms. The Morgan fingerprint density at radius 1 is 1.45 bits per heavy atom. The van der Waals surface area contributed by atoms with Crippen molar-refractivity contribution in [1.29, 1.82) is 0 Å². The molecule has 0 aliphatic carbocycles. The van der Waals surface area contributed by atoms with Gasteiger partial charge >= 0.3 is 0 Å². The van der Waals surface area contributed by atoms with E-state index in [-0.39, 0.29) is 16.7 Å². The van der Waals surface area contributed by atoms with Crippen LogP contribution in [0.3, 0.4) is 0 Å². The summed E-state index contributed by atoms with van der Waals surface area (Å²) in [7, 11) is 1.78. The van der Waals surface area contributed by atoms with Crippen molar-refractivity contribution in [3.63, 3.8) is 0 Å². The van der Waals surface area contributed by atoms with Gasteiger partial charge in [-0.25, -0.2) is 0 Å². The molecule has 1 aliphatic rings. The highest BCUT2D eigenvalue weighted by Gasteiger charge is 2.15. The summed E-state index contributed by atoms with van der Waals surface area (Å²) in [6.07, 6.45) is 0. The molecule has 0 aromatic heterocycles. The van der Waals surface area contributed by atoms with Gasteiger partial charge in [-0.15, -0.1) is 0 Å². The SMILES string of the molecule is CN(CCN1CCNCC1)C(=O)c1ccc(O)c(Cl)c1. The molecular weight excluding hydrogens is 278 g/mol. The van der Waals surface area contributed by atoms with E-state index in [1.165, 1.54) is 12.1 Å². The van der Waals surface area contributed by atoms with Gasteiger partial charge in [0.2, 0.25) is 0 Å². The van der Waals surface area contributed by atoms with Gasteiger partial charge < -0.3 is 15.3 Å². The van der Waals surface area contributed by atoms with E-state index in [1.54, 1.807) is 18.0 Å². The van der Waals surface area contributed by atoms with Crippen LogP contribution in [0.5, 0.6) is 5.75 Å². The molecule has 6 heteroatoms. The lowest BCUT2D eigenvalue weighted by Crippen LogP contribution is -2.46. The highest BCUT2D eigenvalue weighted by molar-refractivity contribution is 6.32. The molecule has 1 saturated heterocycles. The van der Waals surface area contributed by atoms with Crippen LogP contribution in [-0.2, 0) is 0 Å². The minimum absolute atomic E-state index is 0.00770. The quantitative estimate of drug-likeness (QED) is 0.871. The molecule has 1 aromatic carbocycles. The van der Waals surface area contributed by atoms with Crippen LogP contribution in [0.15, 0.2) is 18.2 Å². The molecule has 0 unspecified atom stereocenters. The third-order valence-corrected chi connectivity index (χ3v) is 3.81. The standard InChI is InChI=1S/C14H20ClN3O2/c1-17(8-9-18-6-4-16-5-7-18)14(20)11-2-3-13(19)12(15)10-11/h2-3,10,16,19H,4-9H2,1H3. The summed E-state index contributed by atoms with van der Waals surface area (Å²) >= 11 is 5.83. The van der Waals surface area contributed by atoms with Crippen LogP contribution < -0.4 is 5.32 Å². The van der Waals surface area contributed by atoms with Gasteiger partial charge in [-0.2, -0.15) is 0 Å². The Kier molecular flexibility index (Phi) is 5.23. The number of likely N-dealkylation sites (N-methyl/N-ethyl adjacent to an activating group) is 1. The summed E-state index contributed by atoms with van der Waals surface area (Å²) in [6.45, 7) is 5.60. The number of phenols is 1. The van der Waals surface area contributed by atoms with E-state index in [4.69, 9.17) is 11.6 Å². The fourth-order valence-electron chi connectivity index (χ4n) is 2.19. The van der Waals surface area contributed by atoms with E-state index in [0.29, 0.717) is 12.1 Å². The van der Waals surface area contributed by atoms with Crippen LogP contribution in [0.4, 0.5) is 0 Å². The van der Waals surface area contributed by atoms with Crippen molar-refractivity contribution < 1.29 is 9.90 Å². The van der Waals surface area contributed by atoms with E-state index in [2.05, 4.69) is 10.2 Å². The highest BCUT2D eigenvalue weighted by Crippen LogP contribution is 2.24. The number of halogens is 1. The Hall–Kier alpha value is -1.30. The lowest BCUT2D eigenvalue weighted by molar-refractivity contribution is 0.0775. The summed E-state index contributed by atoms with van der Waals surface area (Å²) in [6, 6.07) is 4.53. The third kappa shape index (κ3) is 3.85. The van der Waals surface area contributed by atoms with Crippen LogP contribution in [0.25, 0.3) is 0 Å². The zero-order valence-corrected chi connectivity index (χ0v) is 12.4. The Balaban J connectivity index is 1.89. The third-order valence-electron chi connectivity index (χ3n) is 3.50. The lowest BCUT2D eigenvalue weighted by atomic mass is 10.2. The van der Waals surface area contributed by atoms with E-state index in [0.717, 1.165) is 32.7 Å². The summed E-state index contributed by atoms with van der Waals surface area (Å²) in [5, 5.41) is 12.9. The smallest absolute Gasteiger partial charge is 0.253 e. The molecular formula is C14H20ClN3O2. The van der Waals surface area contributed by atoms with Gasteiger partial charge in [-0.3, -0.25) is 9.69 Å². The van der Waals surface area contributed by atoms with Gasteiger partial charge in [0.05, 0.1) is 5.02 Å². The van der Waals surface area contributed by atoms with E-state index in [1.807, 2.05) is 0 Å². The minimum Gasteiger partial charge on any atom is -0.506 e. The zero-order chi connectivity index (χ0) is 14.5. The number of nitrogens with one attached hydrogen (secondary N) is 1. The number of nitrogens with zero attached hydrogens (tertiary/aromatic N) is 2. The van der Waals surface area contributed by atoms with E-state index in [9.17, 15) is 9.90 Å². The van der Waals surface area contributed by atoms with E-state index < -0.39 is 0 Å². The first-order valence-corrected chi connectivity index (χ1v) is 7.13. The molecule has 1 aliphatic heterocycles. The second-order valence-electron chi connectivity index (χ2n) is 4.98. The molecule has 20 heavy (non-hydrogen) atoms. The Morgan fingerprint density at radius 3 is 2.80 bits per heavy atom. The number of piperazine rings is 1. The number of aromatic hydroxyl groups is 1. The maximum absolute atomic E-state index is 12.2. The average Bonchev–Trinajstić information content (AvgIpc) is 2.48. The van der Waals surface area contributed by atoms with Crippen LogP contribution in [-0.4, -0.2) is 67.1 Å². The molecule has 1 amide bonds. The fourth-order valence-corrected chi connectivity index (χ4v) is 2.37. The fraction of sp³-hybridized carbons (Fsp3) is 0.500. The number of hydrogen-bond acceptors (Lipinski definition) is 4. The lowest BCUT2D eigenvalue weighted by Gasteiger charge is -2.29. The average molecular weight is 298 g/mol. The number of amides is 1. The molecule has 0 saturated carbocycles. The number of rotatable bonds is 4. The Bertz CT molecular complexity index is 475. The van der Waals surface area contributed by atoms with Gasteiger partial charge in [-0.05, 0) is 18.2 Å². The van der Waals surface area contributed by atoms with Crippen molar-refractivity contribution in [2.75, 3.05) is 46.3 Å². The van der Waals surface area contributed by atoms with Crippen molar-refractivity contribution >= 4 is 17.5 Å². The number of carbonyl (C=O) groups excluding carboxylic acids is 1. The van der Waals surface area contributed by atoms with Crippen molar-refractivity contribution in [2.45, 2.75) is 0 Å². The monoisotopic (exact) mass is 297 g/mol. The maximum Gasteiger partial charge on any atom is 0.253 e. The predicted octanol–water partition coefficient (Wildman–Crippen LogP) is 1.02. The van der Waals surface area contributed by atoms with Crippen molar-refractivity contribution in [3.8, 4) is 5.75 Å². The van der Waals surface area contributed by atoms with Gasteiger partial charge in [0.25, 0.3) is 5.91 Å². The predicted molar refractivity (Wildman–Crippen MR) is 79.4 cm³/mol. The molecule has 1 fully saturated rings. The second kappa shape index (κ2) is 6.92. The van der Waals surface area contributed by atoms with Crippen LogP contribution in [0, 0.1) is 0 Å². The molecule has 5 nitrogen and oxygen atoms in total.